The SMILES string of the molecule is CN(Cc1ccc2c(c1)OCO2)C(=O)CC1CSCCN1. The summed E-state index contributed by atoms with van der Waals surface area (Å²) in [5, 5.41) is 3.40. The van der Waals surface area contributed by atoms with Crippen LogP contribution in [0.2, 0.25) is 0 Å². The molecule has 114 valence electrons. The molecule has 1 N–H and O–H groups in total. The van der Waals surface area contributed by atoms with Gasteiger partial charge in [-0.1, -0.05) is 6.07 Å². The fourth-order valence-electron chi connectivity index (χ4n) is 2.52. The van der Waals surface area contributed by atoms with E-state index in [1.54, 1.807) is 4.90 Å². The molecule has 1 amide bonds. The van der Waals surface area contributed by atoms with Crippen molar-refractivity contribution in [2.45, 2.75) is 19.0 Å². The standard InChI is InChI=1S/C15H20N2O3S/c1-17(15(18)7-12-9-21-5-4-16-12)8-11-2-3-13-14(6-11)20-10-19-13/h2-3,6,12,16H,4-5,7-10H2,1H3. The van der Waals surface area contributed by atoms with Gasteiger partial charge in [0.05, 0.1) is 0 Å². The minimum Gasteiger partial charge on any atom is -0.454 e. The molecule has 0 saturated carbocycles. The lowest BCUT2D eigenvalue weighted by molar-refractivity contribution is -0.130. The van der Waals surface area contributed by atoms with Crippen LogP contribution in [0.5, 0.6) is 11.5 Å². The van der Waals surface area contributed by atoms with E-state index in [0.29, 0.717) is 19.0 Å². The van der Waals surface area contributed by atoms with Crippen molar-refractivity contribution in [3.63, 3.8) is 0 Å². The monoisotopic (exact) mass is 308 g/mol. The Hall–Kier alpha value is -1.40. The topological polar surface area (TPSA) is 50.8 Å². The molecule has 6 heteroatoms. The number of amides is 1. The first kappa shape index (κ1) is 14.5. The van der Waals surface area contributed by atoms with Gasteiger partial charge in [0.2, 0.25) is 12.7 Å². The molecule has 2 aliphatic heterocycles. The number of thioether (sulfide) groups is 1. The van der Waals surface area contributed by atoms with Crippen molar-refractivity contribution in [1.29, 1.82) is 0 Å². The lowest BCUT2D eigenvalue weighted by Gasteiger charge is -2.25. The Kier molecular flexibility index (Phi) is 4.55. The number of carbonyl (C=O) groups excluding carboxylic acids is 1. The number of rotatable bonds is 4. The zero-order valence-corrected chi connectivity index (χ0v) is 12.9. The third-order valence-electron chi connectivity index (χ3n) is 3.70. The van der Waals surface area contributed by atoms with Crippen LogP contribution in [-0.2, 0) is 11.3 Å². The number of fused-ring (bicyclic) bond motifs is 1. The van der Waals surface area contributed by atoms with Gasteiger partial charge < -0.3 is 19.7 Å². The van der Waals surface area contributed by atoms with E-state index < -0.39 is 0 Å². The molecule has 0 bridgehead atoms. The summed E-state index contributed by atoms with van der Waals surface area (Å²) in [6.07, 6.45) is 0.564. The van der Waals surface area contributed by atoms with Crippen LogP contribution in [-0.4, -0.2) is 48.7 Å². The van der Waals surface area contributed by atoms with Crippen molar-refractivity contribution in [3.05, 3.63) is 23.8 Å². The number of nitrogens with zero attached hydrogens (tertiary/aromatic N) is 1. The van der Waals surface area contributed by atoms with Crippen molar-refractivity contribution >= 4 is 17.7 Å². The van der Waals surface area contributed by atoms with Crippen LogP contribution in [0.3, 0.4) is 0 Å². The molecule has 2 heterocycles. The van der Waals surface area contributed by atoms with Crippen LogP contribution in [0.25, 0.3) is 0 Å². The van der Waals surface area contributed by atoms with Crippen molar-refractivity contribution in [2.24, 2.45) is 0 Å². The summed E-state index contributed by atoms with van der Waals surface area (Å²) in [7, 11) is 1.85. The predicted molar refractivity (Wildman–Crippen MR) is 82.8 cm³/mol. The number of carbonyl (C=O) groups is 1. The Balaban J connectivity index is 1.55. The zero-order chi connectivity index (χ0) is 14.7. The fourth-order valence-corrected chi connectivity index (χ4v) is 3.47. The molecule has 3 rings (SSSR count). The van der Waals surface area contributed by atoms with E-state index in [-0.39, 0.29) is 12.7 Å². The summed E-state index contributed by atoms with van der Waals surface area (Å²) in [6, 6.07) is 6.12. The Morgan fingerprint density at radius 3 is 3.10 bits per heavy atom. The summed E-state index contributed by atoms with van der Waals surface area (Å²) in [6.45, 7) is 1.86. The molecular formula is C15H20N2O3S. The molecule has 1 aromatic carbocycles. The molecule has 2 aliphatic rings. The van der Waals surface area contributed by atoms with Crippen LogP contribution in [0, 0.1) is 0 Å². The van der Waals surface area contributed by atoms with Crippen molar-refractivity contribution in [1.82, 2.24) is 10.2 Å². The van der Waals surface area contributed by atoms with Gasteiger partial charge in [-0.25, -0.2) is 0 Å². The molecule has 0 aromatic heterocycles. The third kappa shape index (κ3) is 3.63. The minimum atomic E-state index is 0.174. The number of ether oxygens (including phenoxy) is 2. The zero-order valence-electron chi connectivity index (χ0n) is 12.1. The summed E-state index contributed by atoms with van der Waals surface area (Å²) >= 11 is 1.91. The number of hydrogen-bond acceptors (Lipinski definition) is 5. The highest BCUT2D eigenvalue weighted by molar-refractivity contribution is 7.99. The molecule has 1 unspecified atom stereocenters. The average molecular weight is 308 g/mol. The molecule has 0 spiro atoms. The van der Waals surface area contributed by atoms with E-state index >= 15 is 0 Å². The first-order chi connectivity index (χ1) is 10.2. The highest BCUT2D eigenvalue weighted by atomic mass is 32.2. The second-order valence-electron chi connectivity index (χ2n) is 5.37. The van der Waals surface area contributed by atoms with Gasteiger partial charge in [-0.3, -0.25) is 4.79 Å². The second-order valence-corrected chi connectivity index (χ2v) is 6.52. The number of hydrogen-bond donors (Lipinski definition) is 1. The van der Waals surface area contributed by atoms with E-state index in [4.69, 9.17) is 9.47 Å². The Bertz CT molecular complexity index is 518. The van der Waals surface area contributed by atoms with Crippen LogP contribution in [0.4, 0.5) is 0 Å². The molecular weight excluding hydrogens is 288 g/mol. The molecule has 0 radical (unpaired) electrons. The smallest absolute Gasteiger partial charge is 0.231 e. The quantitative estimate of drug-likeness (QED) is 0.913. The van der Waals surface area contributed by atoms with Gasteiger partial charge in [-0.15, -0.1) is 0 Å². The molecule has 1 saturated heterocycles. The Morgan fingerprint density at radius 2 is 2.29 bits per heavy atom. The van der Waals surface area contributed by atoms with Crippen LogP contribution < -0.4 is 14.8 Å². The van der Waals surface area contributed by atoms with Crippen molar-refractivity contribution < 1.29 is 14.3 Å². The normalized spacial score (nSPS) is 20.3. The predicted octanol–water partition coefficient (Wildman–Crippen LogP) is 1.47. The molecule has 5 nitrogen and oxygen atoms in total. The van der Waals surface area contributed by atoms with Gasteiger partial charge in [0.1, 0.15) is 0 Å². The first-order valence-corrected chi connectivity index (χ1v) is 8.31. The second kappa shape index (κ2) is 6.58. The van der Waals surface area contributed by atoms with Gasteiger partial charge in [-0.05, 0) is 17.7 Å². The third-order valence-corrected chi connectivity index (χ3v) is 4.83. The van der Waals surface area contributed by atoms with Gasteiger partial charge >= 0.3 is 0 Å². The van der Waals surface area contributed by atoms with E-state index in [1.165, 1.54) is 0 Å². The molecule has 1 fully saturated rings. The summed E-state index contributed by atoms with van der Waals surface area (Å²) in [5.74, 6) is 3.86. The maximum Gasteiger partial charge on any atom is 0.231 e. The Morgan fingerprint density at radius 1 is 1.43 bits per heavy atom. The lowest BCUT2D eigenvalue weighted by Crippen LogP contribution is -2.41. The molecule has 21 heavy (non-hydrogen) atoms. The van der Waals surface area contributed by atoms with Gasteiger partial charge in [0.15, 0.2) is 11.5 Å². The van der Waals surface area contributed by atoms with Gasteiger partial charge in [-0.2, -0.15) is 11.8 Å². The van der Waals surface area contributed by atoms with Crippen molar-refractivity contribution in [3.8, 4) is 11.5 Å². The Labute approximate surface area is 129 Å². The lowest BCUT2D eigenvalue weighted by atomic mass is 10.1. The molecule has 1 aromatic rings. The molecule has 0 aliphatic carbocycles. The molecule has 1 atom stereocenters. The van der Waals surface area contributed by atoms with Crippen molar-refractivity contribution in [2.75, 3.05) is 31.9 Å². The number of nitrogens with one attached hydrogen (secondary N) is 1. The van der Waals surface area contributed by atoms with Crippen LogP contribution in [0.15, 0.2) is 18.2 Å². The highest BCUT2D eigenvalue weighted by Gasteiger charge is 2.20. The summed E-state index contributed by atoms with van der Waals surface area (Å²) < 4.78 is 10.7. The first-order valence-electron chi connectivity index (χ1n) is 7.16. The van der Waals surface area contributed by atoms with Crippen LogP contribution >= 0.6 is 11.8 Å². The minimum absolute atomic E-state index is 0.174. The highest BCUT2D eigenvalue weighted by Crippen LogP contribution is 2.32. The van der Waals surface area contributed by atoms with E-state index in [2.05, 4.69) is 5.32 Å². The summed E-state index contributed by atoms with van der Waals surface area (Å²) in [5.41, 5.74) is 1.06. The fraction of sp³-hybridized carbons (Fsp3) is 0.533. The van der Waals surface area contributed by atoms with Crippen LogP contribution in [0.1, 0.15) is 12.0 Å². The van der Waals surface area contributed by atoms with E-state index in [1.807, 2.05) is 37.0 Å². The van der Waals surface area contributed by atoms with Gasteiger partial charge in [0, 0.05) is 44.1 Å². The summed E-state index contributed by atoms with van der Waals surface area (Å²) in [4.78, 5) is 14.0. The number of benzene rings is 1. The van der Waals surface area contributed by atoms with E-state index in [0.717, 1.165) is 35.1 Å². The van der Waals surface area contributed by atoms with E-state index in [9.17, 15) is 4.79 Å². The maximum absolute atomic E-state index is 12.3. The van der Waals surface area contributed by atoms with Gasteiger partial charge in [0.25, 0.3) is 0 Å². The average Bonchev–Trinajstić information content (AvgIpc) is 2.95. The maximum atomic E-state index is 12.3. The largest absolute Gasteiger partial charge is 0.454 e.